The molecule has 2 fully saturated rings. The van der Waals surface area contributed by atoms with E-state index in [1.54, 1.807) is 0 Å². The molecule has 0 aromatic heterocycles. The average Bonchev–Trinajstić information content (AvgIpc) is 2.81. The van der Waals surface area contributed by atoms with Crippen molar-refractivity contribution in [2.75, 3.05) is 28.3 Å². The Hall–Kier alpha value is -2.20. The van der Waals surface area contributed by atoms with Crippen LogP contribution in [0, 0.1) is 11.8 Å². The summed E-state index contributed by atoms with van der Waals surface area (Å²) in [5, 5.41) is 0. The van der Waals surface area contributed by atoms with E-state index in [1.165, 1.54) is 14.2 Å². The van der Waals surface area contributed by atoms with Crippen LogP contribution in [0.5, 0.6) is 0 Å². The molecule has 40 heavy (non-hydrogen) atoms. The number of hydrogen-bond donors (Lipinski definition) is 0. The molecule has 0 aliphatic carbocycles. The first-order valence-corrected chi connectivity index (χ1v) is 14.2. The van der Waals surface area contributed by atoms with E-state index in [4.69, 9.17) is 18.9 Å². The third-order valence-electron chi connectivity index (χ3n) is 9.43. The molecule has 10 nitrogen and oxygen atoms in total. The van der Waals surface area contributed by atoms with Gasteiger partial charge in [-0.3, -0.25) is 29.0 Å². The zero-order valence-corrected chi connectivity index (χ0v) is 26.7. The number of likely N-dealkylation sites (tertiary alicyclic amines) is 2. The lowest BCUT2D eigenvalue weighted by Gasteiger charge is -2.53. The minimum Gasteiger partial charge on any atom is -0.469 e. The Kier molecular flexibility index (Phi) is 10.5. The van der Waals surface area contributed by atoms with Crippen molar-refractivity contribution in [1.29, 1.82) is 0 Å². The van der Waals surface area contributed by atoms with Crippen LogP contribution in [-0.4, -0.2) is 96.4 Å². The van der Waals surface area contributed by atoms with E-state index in [0.29, 0.717) is 25.7 Å². The number of carbonyl (C=O) groups excluding carboxylic acids is 4. The number of esters is 4. The Morgan fingerprint density at radius 2 is 0.850 bits per heavy atom. The number of methoxy groups -OCH3 is 2. The molecule has 0 amide bonds. The number of rotatable bonds is 9. The smallest absolute Gasteiger partial charge is 0.310 e. The summed E-state index contributed by atoms with van der Waals surface area (Å²) in [7, 11) is 6.52. The Morgan fingerprint density at radius 1 is 0.600 bits per heavy atom. The van der Waals surface area contributed by atoms with E-state index >= 15 is 0 Å². The van der Waals surface area contributed by atoms with Gasteiger partial charge in [0.1, 0.15) is 12.2 Å². The quantitative estimate of drug-likeness (QED) is 0.301. The van der Waals surface area contributed by atoms with Crippen LogP contribution in [0.15, 0.2) is 0 Å². The summed E-state index contributed by atoms with van der Waals surface area (Å²) in [6.45, 7) is 16.7. The maximum atomic E-state index is 13.7. The molecule has 0 aromatic carbocycles. The molecule has 10 heteroatoms. The number of piperidine rings is 2. The maximum Gasteiger partial charge on any atom is 0.310 e. The fourth-order valence-electron chi connectivity index (χ4n) is 6.53. The van der Waals surface area contributed by atoms with E-state index in [-0.39, 0.29) is 22.2 Å². The highest BCUT2D eigenvalue weighted by Gasteiger charge is 2.48. The van der Waals surface area contributed by atoms with Crippen molar-refractivity contribution in [2.24, 2.45) is 11.8 Å². The summed E-state index contributed by atoms with van der Waals surface area (Å²) in [4.78, 5) is 56.8. The summed E-state index contributed by atoms with van der Waals surface area (Å²) < 4.78 is 21.7. The van der Waals surface area contributed by atoms with Crippen LogP contribution in [0.1, 0.15) is 93.9 Å². The second-order valence-electron chi connectivity index (χ2n) is 14.1. The van der Waals surface area contributed by atoms with Gasteiger partial charge in [0.05, 0.1) is 38.9 Å². The monoisotopic (exact) mass is 568 g/mol. The molecule has 0 saturated carbocycles. The van der Waals surface area contributed by atoms with E-state index in [9.17, 15) is 19.2 Å². The lowest BCUT2D eigenvalue weighted by atomic mass is 9.78. The Labute approximate surface area is 240 Å². The van der Waals surface area contributed by atoms with Crippen LogP contribution >= 0.6 is 0 Å². The summed E-state index contributed by atoms with van der Waals surface area (Å²) >= 11 is 0. The van der Waals surface area contributed by atoms with Gasteiger partial charge in [0.2, 0.25) is 0 Å². The van der Waals surface area contributed by atoms with Crippen molar-refractivity contribution < 1.29 is 38.1 Å². The lowest BCUT2D eigenvalue weighted by Crippen LogP contribution is -2.60. The fourth-order valence-corrected chi connectivity index (χ4v) is 6.53. The number of carbonyl (C=O) groups is 4. The predicted molar refractivity (Wildman–Crippen MR) is 150 cm³/mol. The zero-order chi connectivity index (χ0) is 30.8. The van der Waals surface area contributed by atoms with Crippen molar-refractivity contribution in [3.63, 3.8) is 0 Å². The van der Waals surface area contributed by atoms with Crippen LogP contribution < -0.4 is 0 Å². The van der Waals surface area contributed by atoms with E-state index in [0.717, 1.165) is 0 Å². The van der Waals surface area contributed by atoms with Gasteiger partial charge in [-0.05, 0) is 69.5 Å². The molecule has 230 valence electrons. The van der Waals surface area contributed by atoms with E-state index < -0.39 is 60.8 Å². The summed E-state index contributed by atoms with van der Waals surface area (Å²) in [5.74, 6) is -5.34. The molecule has 2 rings (SSSR count). The maximum absolute atomic E-state index is 13.7. The second kappa shape index (κ2) is 12.3. The van der Waals surface area contributed by atoms with Crippen molar-refractivity contribution in [3.05, 3.63) is 0 Å². The topological polar surface area (TPSA) is 112 Å². The molecule has 0 N–H and O–H groups in total. The van der Waals surface area contributed by atoms with Gasteiger partial charge in [-0.25, -0.2) is 0 Å². The Bertz CT molecular complexity index is 845. The van der Waals surface area contributed by atoms with Gasteiger partial charge >= 0.3 is 23.9 Å². The normalized spacial score (nSPS) is 24.4. The van der Waals surface area contributed by atoms with Crippen LogP contribution in [-0.2, 0) is 38.1 Å². The molecule has 2 aliphatic heterocycles. The Balaban J connectivity index is 2.36. The molecular formula is C30H52N2O8. The molecule has 2 atom stereocenters. The van der Waals surface area contributed by atoms with Gasteiger partial charge in [-0.2, -0.15) is 0 Å². The van der Waals surface area contributed by atoms with Crippen molar-refractivity contribution in [2.45, 2.75) is 128 Å². The van der Waals surface area contributed by atoms with Crippen LogP contribution in [0.2, 0.25) is 0 Å². The van der Waals surface area contributed by atoms with Gasteiger partial charge in [0, 0.05) is 47.8 Å². The number of nitrogens with zero attached hydrogens (tertiary/aromatic N) is 2. The molecule has 2 heterocycles. The van der Waals surface area contributed by atoms with Crippen molar-refractivity contribution in [1.82, 2.24) is 9.80 Å². The van der Waals surface area contributed by atoms with E-state index in [2.05, 4.69) is 65.2 Å². The third kappa shape index (κ3) is 7.96. The largest absolute Gasteiger partial charge is 0.469 e. The molecule has 0 aromatic rings. The highest BCUT2D eigenvalue weighted by atomic mass is 16.6. The number of ether oxygens (including phenoxy) is 4. The standard InChI is InChI=1S/C30H52N2O8/c1-27(2)15-19(16-28(3,4)31(27)9)39-25(35)21(13-23(33)37-11)22(14-24(34)38-12)26(36)40-20-17-29(5,6)32(10)30(7,8)18-20/h19-22H,13-18H2,1-12H3. The summed E-state index contributed by atoms with van der Waals surface area (Å²) in [6, 6.07) is 0. The number of hydrogen-bond acceptors (Lipinski definition) is 10. The highest BCUT2D eigenvalue weighted by molar-refractivity contribution is 5.88. The van der Waals surface area contributed by atoms with Crippen LogP contribution in [0.25, 0.3) is 0 Å². The molecule has 0 bridgehead atoms. The first kappa shape index (κ1) is 34.0. The van der Waals surface area contributed by atoms with Gasteiger partial charge in [-0.1, -0.05) is 0 Å². The van der Waals surface area contributed by atoms with Crippen molar-refractivity contribution >= 4 is 23.9 Å². The van der Waals surface area contributed by atoms with Crippen LogP contribution in [0.4, 0.5) is 0 Å². The summed E-state index contributed by atoms with van der Waals surface area (Å²) in [6.07, 6.45) is 0.611. The second-order valence-corrected chi connectivity index (χ2v) is 14.1. The average molecular weight is 569 g/mol. The predicted octanol–water partition coefficient (Wildman–Crippen LogP) is 3.73. The highest BCUT2D eigenvalue weighted by Crippen LogP contribution is 2.40. The lowest BCUT2D eigenvalue weighted by molar-refractivity contribution is -0.179. The molecule has 2 saturated heterocycles. The van der Waals surface area contributed by atoms with Gasteiger partial charge in [-0.15, -0.1) is 0 Å². The summed E-state index contributed by atoms with van der Waals surface area (Å²) in [5.41, 5.74) is -0.990. The van der Waals surface area contributed by atoms with Gasteiger partial charge < -0.3 is 18.9 Å². The van der Waals surface area contributed by atoms with Gasteiger partial charge in [0.25, 0.3) is 0 Å². The van der Waals surface area contributed by atoms with Crippen LogP contribution in [0.3, 0.4) is 0 Å². The molecular weight excluding hydrogens is 516 g/mol. The molecule has 2 aliphatic rings. The SMILES string of the molecule is COC(=O)CC(C(=O)OC1CC(C)(C)N(C)C(C)(C)C1)C(CC(=O)OC)C(=O)OC1CC(C)(C)N(C)C(C)(C)C1. The minimum absolute atomic E-state index is 0.247. The first-order chi connectivity index (χ1) is 18.2. The minimum atomic E-state index is -1.27. The van der Waals surface area contributed by atoms with Gasteiger partial charge in [0.15, 0.2) is 0 Å². The third-order valence-corrected chi connectivity index (χ3v) is 9.43. The first-order valence-electron chi connectivity index (χ1n) is 14.2. The zero-order valence-electron chi connectivity index (χ0n) is 26.7. The molecule has 2 unspecified atom stereocenters. The van der Waals surface area contributed by atoms with Crippen molar-refractivity contribution in [3.8, 4) is 0 Å². The molecule has 0 radical (unpaired) electrons. The Morgan fingerprint density at radius 3 is 1.07 bits per heavy atom. The van der Waals surface area contributed by atoms with E-state index in [1.807, 2.05) is 14.1 Å². The molecule has 0 spiro atoms. The fraction of sp³-hybridized carbons (Fsp3) is 0.867.